The van der Waals surface area contributed by atoms with Crippen molar-refractivity contribution in [3.05, 3.63) is 88.9 Å². The van der Waals surface area contributed by atoms with E-state index in [0.29, 0.717) is 0 Å². The van der Waals surface area contributed by atoms with Crippen LogP contribution in [0.3, 0.4) is 0 Å². The molecule has 0 aromatic heterocycles. The molecule has 1 N–H and O–H groups in total. The fourth-order valence-electron chi connectivity index (χ4n) is 2.57. The molecule has 0 atom stereocenters. The lowest BCUT2D eigenvalue weighted by molar-refractivity contribution is -0.114. The molecule has 0 aliphatic carbocycles. The number of amides is 1. The first-order valence-electron chi connectivity index (χ1n) is 8.36. The van der Waals surface area contributed by atoms with E-state index in [-0.39, 0.29) is 10.6 Å². The van der Waals surface area contributed by atoms with E-state index in [1.807, 2.05) is 0 Å². The fourth-order valence-corrected chi connectivity index (χ4v) is 4.28. The van der Waals surface area contributed by atoms with E-state index in [0.717, 1.165) is 27.0 Å². The zero-order valence-corrected chi connectivity index (χ0v) is 17.3. The molecule has 9 heteroatoms. The molecule has 5 nitrogen and oxygen atoms in total. The SMILES string of the molecule is O=C(CN(c1ccc(Br)cc1)S(=O)(=O)c1ccccc1)Nc1c(F)cccc1F. The molecule has 3 rings (SSSR count). The number of nitrogens with zero attached hydrogens (tertiary/aromatic N) is 1. The standard InChI is InChI=1S/C20H15BrF2N2O3S/c21-14-9-11-15(12-10-14)25(29(27,28)16-5-2-1-3-6-16)13-19(26)24-20-17(22)7-4-8-18(20)23/h1-12H,13H2,(H,24,26). The minimum absolute atomic E-state index is 0.0206. The second kappa shape index (κ2) is 8.71. The van der Waals surface area contributed by atoms with Crippen molar-refractivity contribution in [3.63, 3.8) is 0 Å². The Hall–Kier alpha value is -2.78. The Morgan fingerprint density at radius 1 is 0.897 bits per heavy atom. The Bertz CT molecular complexity index is 1100. The lowest BCUT2D eigenvalue weighted by Crippen LogP contribution is -2.38. The van der Waals surface area contributed by atoms with E-state index in [2.05, 4.69) is 21.2 Å². The number of hydrogen-bond acceptors (Lipinski definition) is 3. The third-order valence-electron chi connectivity index (χ3n) is 3.96. The highest BCUT2D eigenvalue weighted by atomic mass is 79.9. The highest BCUT2D eigenvalue weighted by Gasteiger charge is 2.27. The first-order chi connectivity index (χ1) is 13.8. The van der Waals surface area contributed by atoms with Gasteiger partial charge in [-0.15, -0.1) is 0 Å². The zero-order valence-electron chi connectivity index (χ0n) is 14.8. The fraction of sp³-hybridized carbons (Fsp3) is 0.0500. The minimum atomic E-state index is -4.10. The van der Waals surface area contributed by atoms with Gasteiger partial charge >= 0.3 is 0 Å². The van der Waals surface area contributed by atoms with Crippen LogP contribution >= 0.6 is 15.9 Å². The van der Waals surface area contributed by atoms with Crippen molar-refractivity contribution in [2.45, 2.75) is 4.90 Å². The number of sulfonamides is 1. The van der Waals surface area contributed by atoms with E-state index in [9.17, 15) is 22.0 Å². The summed E-state index contributed by atoms with van der Waals surface area (Å²) in [4.78, 5) is 12.5. The summed E-state index contributed by atoms with van der Waals surface area (Å²) in [7, 11) is -4.10. The molecule has 0 aliphatic rings. The second-order valence-corrected chi connectivity index (χ2v) is 8.72. The maximum Gasteiger partial charge on any atom is 0.264 e. The smallest absolute Gasteiger partial charge is 0.264 e. The van der Waals surface area contributed by atoms with Crippen molar-refractivity contribution in [1.29, 1.82) is 0 Å². The van der Waals surface area contributed by atoms with Gasteiger partial charge in [0, 0.05) is 4.47 Å². The quantitative estimate of drug-likeness (QED) is 0.562. The van der Waals surface area contributed by atoms with Crippen LogP contribution in [0.2, 0.25) is 0 Å². The summed E-state index contributed by atoms with van der Waals surface area (Å²) in [6.45, 7) is -0.674. The number of benzene rings is 3. The molecular formula is C20H15BrF2N2O3S. The van der Waals surface area contributed by atoms with Gasteiger partial charge in [-0.3, -0.25) is 9.10 Å². The Kier molecular flexibility index (Phi) is 6.29. The molecule has 0 fully saturated rings. The molecule has 0 saturated heterocycles. The number of carbonyl (C=O) groups excluding carboxylic acids is 1. The van der Waals surface area contributed by atoms with Crippen LogP contribution in [0.25, 0.3) is 0 Å². The van der Waals surface area contributed by atoms with Crippen molar-refractivity contribution >= 4 is 43.2 Å². The average Bonchev–Trinajstić information content (AvgIpc) is 2.70. The summed E-state index contributed by atoms with van der Waals surface area (Å²) in [5.74, 6) is -2.81. The summed E-state index contributed by atoms with van der Waals surface area (Å²) < 4.78 is 55.5. The number of nitrogens with one attached hydrogen (secondary N) is 1. The molecule has 0 aliphatic heterocycles. The minimum Gasteiger partial charge on any atom is -0.320 e. The van der Waals surface area contributed by atoms with Crippen LogP contribution in [-0.2, 0) is 14.8 Å². The van der Waals surface area contributed by atoms with Gasteiger partial charge in [0.15, 0.2) is 0 Å². The Labute approximate surface area is 175 Å². The van der Waals surface area contributed by atoms with Gasteiger partial charge in [-0.05, 0) is 48.5 Å². The van der Waals surface area contributed by atoms with Gasteiger partial charge in [-0.25, -0.2) is 17.2 Å². The number of anilines is 2. The van der Waals surface area contributed by atoms with E-state index < -0.39 is 39.8 Å². The molecular weight excluding hydrogens is 466 g/mol. The van der Waals surface area contributed by atoms with E-state index in [1.165, 1.54) is 24.3 Å². The normalized spacial score (nSPS) is 11.1. The number of rotatable bonds is 6. The lowest BCUT2D eigenvalue weighted by Gasteiger charge is -2.24. The van der Waals surface area contributed by atoms with Crippen LogP contribution in [0.4, 0.5) is 20.2 Å². The van der Waals surface area contributed by atoms with E-state index >= 15 is 0 Å². The first kappa shape index (κ1) is 20.9. The Balaban J connectivity index is 1.96. The van der Waals surface area contributed by atoms with Gasteiger partial charge in [0.05, 0.1) is 10.6 Å². The maximum atomic E-state index is 13.8. The van der Waals surface area contributed by atoms with Crippen molar-refractivity contribution < 1.29 is 22.0 Å². The molecule has 29 heavy (non-hydrogen) atoms. The summed E-state index contributed by atoms with van der Waals surface area (Å²) in [6, 6.07) is 17.0. The third kappa shape index (κ3) is 4.80. The van der Waals surface area contributed by atoms with Crippen molar-refractivity contribution in [2.24, 2.45) is 0 Å². The van der Waals surface area contributed by atoms with Crippen LogP contribution in [0, 0.1) is 11.6 Å². The first-order valence-corrected chi connectivity index (χ1v) is 10.6. The van der Waals surface area contributed by atoms with Gasteiger partial charge in [-0.1, -0.05) is 40.2 Å². The van der Waals surface area contributed by atoms with Gasteiger partial charge in [0.25, 0.3) is 10.0 Å². The molecule has 150 valence electrons. The predicted octanol–water partition coefficient (Wildman–Crippen LogP) is 4.56. The zero-order chi connectivity index (χ0) is 21.0. The van der Waals surface area contributed by atoms with Gasteiger partial charge in [-0.2, -0.15) is 0 Å². The van der Waals surface area contributed by atoms with Crippen LogP contribution in [0.15, 0.2) is 82.2 Å². The number of halogens is 3. The molecule has 3 aromatic rings. The van der Waals surface area contributed by atoms with Crippen LogP contribution in [0.1, 0.15) is 0 Å². The van der Waals surface area contributed by atoms with Crippen LogP contribution in [-0.4, -0.2) is 20.9 Å². The monoisotopic (exact) mass is 480 g/mol. The third-order valence-corrected chi connectivity index (χ3v) is 6.28. The molecule has 0 bridgehead atoms. The lowest BCUT2D eigenvalue weighted by atomic mass is 10.3. The summed E-state index contributed by atoms with van der Waals surface area (Å²) in [5.41, 5.74) is -0.411. The molecule has 0 radical (unpaired) electrons. The van der Waals surface area contributed by atoms with Crippen LogP contribution < -0.4 is 9.62 Å². The molecule has 3 aromatic carbocycles. The summed E-state index contributed by atoms with van der Waals surface area (Å²) >= 11 is 3.27. The maximum absolute atomic E-state index is 13.8. The van der Waals surface area contributed by atoms with E-state index in [4.69, 9.17) is 0 Å². The Morgan fingerprint density at radius 2 is 1.48 bits per heavy atom. The van der Waals surface area contributed by atoms with Crippen molar-refractivity contribution in [3.8, 4) is 0 Å². The topological polar surface area (TPSA) is 66.5 Å². The molecule has 0 spiro atoms. The van der Waals surface area contributed by atoms with Crippen molar-refractivity contribution in [2.75, 3.05) is 16.2 Å². The second-order valence-electron chi connectivity index (χ2n) is 5.95. The summed E-state index contributed by atoms with van der Waals surface area (Å²) in [5, 5.41) is 2.11. The van der Waals surface area contributed by atoms with Crippen LogP contribution in [0.5, 0.6) is 0 Å². The molecule has 0 saturated carbocycles. The van der Waals surface area contributed by atoms with Gasteiger partial charge in [0.2, 0.25) is 5.91 Å². The highest BCUT2D eigenvalue weighted by Crippen LogP contribution is 2.26. The number of carbonyl (C=O) groups is 1. The molecule has 0 heterocycles. The van der Waals surface area contributed by atoms with Crippen molar-refractivity contribution in [1.82, 2.24) is 0 Å². The average molecular weight is 481 g/mol. The summed E-state index contributed by atoms with van der Waals surface area (Å²) in [6.07, 6.45) is 0. The van der Waals surface area contributed by atoms with E-state index in [1.54, 1.807) is 30.3 Å². The van der Waals surface area contributed by atoms with Gasteiger partial charge < -0.3 is 5.32 Å². The molecule has 1 amide bonds. The largest absolute Gasteiger partial charge is 0.320 e. The predicted molar refractivity (Wildman–Crippen MR) is 110 cm³/mol. The Morgan fingerprint density at radius 3 is 2.07 bits per heavy atom. The number of hydrogen-bond donors (Lipinski definition) is 1. The number of para-hydroxylation sites is 1. The highest BCUT2D eigenvalue weighted by molar-refractivity contribution is 9.10. The van der Waals surface area contributed by atoms with Gasteiger partial charge in [0.1, 0.15) is 23.9 Å². The molecule has 0 unspecified atom stereocenters.